The predicted molar refractivity (Wildman–Crippen MR) is 106 cm³/mol. The molecule has 7 nitrogen and oxygen atoms in total. The molecule has 0 radical (unpaired) electrons. The quantitative estimate of drug-likeness (QED) is 0.773. The topological polar surface area (TPSA) is 65.8 Å². The Morgan fingerprint density at radius 2 is 2.04 bits per heavy atom. The number of nitrogens with zero attached hydrogens (tertiary/aromatic N) is 5. The summed E-state index contributed by atoms with van der Waals surface area (Å²) in [4.78, 5) is 26.0. The van der Waals surface area contributed by atoms with Crippen molar-refractivity contribution in [2.45, 2.75) is 19.9 Å². The Balaban J connectivity index is 1.45. The number of nitrogens with one attached hydrogen (secondary N) is 1. The van der Waals surface area contributed by atoms with Gasteiger partial charge in [0, 0.05) is 44.3 Å². The van der Waals surface area contributed by atoms with E-state index >= 15 is 0 Å². The summed E-state index contributed by atoms with van der Waals surface area (Å²) in [5, 5.41) is 2.92. The fourth-order valence-corrected chi connectivity index (χ4v) is 3.36. The molecule has 1 aliphatic heterocycles. The van der Waals surface area contributed by atoms with E-state index in [1.165, 1.54) is 0 Å². The van der Waals surface area contributed by atoms with Crippen LogP contribution in [0.15, 0.2) is 42.9 Å². The molecule has 0 bridgehead atoms. The molecule has 1 unspecified atom stereocenters. The van der Waals surface area contributed by atoms with Crippen LogP contribution in [-0.4, -0.2) is 57.9 Å². The van der Waals surface area contributed by atoms with E-state index in [9.17, 15) is 4.79 Å². The van der Waals surface area contributed by atoms with E-state index in [0.29, 0.717) is 11.6 Å². The second-order valence-corrected chi connectivity index (χ2v) is 7.20. The van der Waals surface area contributed by atoms with Crippen molar-refractivity contribution in [3.05, 3.63) is 54.1 Å². The zero-order chi connectivity index (χ0) is 19.0. The Morgan fingerprint density at radius 3 is 2.78 bits per heavy atom. The van der Waals surface area contributed by atoms with Crippen LogP contribution in [0.2, 0.25) is 0 Å². The molecule has 3 aromatic heterocycles. The van der Waals surface area contributed by atoms with E-state index in [0.717, 1.165) is 42.5 Å². The number of carbonyl (C=O) groups is 1. The van der Waals surface area contributed by atoms with Crippen molar-refractivity contribution < 1.29 is 4.79 Å². The molecule has 4 rings (SSSR count). The van der Waals surface area contributed by atoms with Gasteiger partial charge < -0.3 is 19.5 Å². The molecule has 27 heavy (non-hydrogen) atoms. The van der Waals surface area contributed by atoms with Crippen LogP contribution >= 0.6 is 0 Å². The smallest absolute Gasteiger partial charge is 0.257 e. The third kappa shape index (κ3) is 3.64. The maximum atomic E-state index is 12.5. The van der Waals surface area contributed by atoms with Crippen LogP contribution in [0.25, 0.3) is 5.65 Å². The fourth-order valence-electron chi connectivity index (χ4n) is 3.36. The molecule has 1 N–H and O–H groups in total. The van der Waals surface area contributed by atoms with Crippen molar-refractivity contribution in [1.82, 2.24) is 19.3 Å². The number of hydrogen-bond donors (Lipinski definition) is 1. The van der Waals surface area contributed by atoms with Crippen molar-refractivity contribution in [3.63, 3.8) is 0 Å². The van der Waals surface area contributed by atoms with Gasteiger partial charge in [-0.1, -0.05) is 0 Å². The average molecular weight is 364 g/mol. The average Bonchev–Trinajstić information content (AvgIpc) is 3.03. The van der Waals surface area contributed by atoms with Crippen LogP contribution in [0.5, 0.6) is 0 Å². The summed E-state index contributed by atoms with van der Waals surface area (Å²) in [7, 11) is 2.14. The summed E-state index contributed by atoms with van der Waals surface area (Å²) >= 11 is 0. The van der Waals surface area contributed by atoms with Gasteiger partial charge in [-0.2, -0.15) is 0 Å². The first-order valence-electron chi connectivity index (χ1n) is 9.17. The monoisotopic (exact) mass is 364 g/mol. The van der Waals surface area contributed by atoms with Crippen molar-refractivity contribution in [1.29, 1.82) is 0 Å². The third-order valence-electron chi connectivity index (χ3n) is 5.12. The lowest BCUT2D eigenvalue weighted by Crippen LogP contribution is -2.50. The fraction of sp³-hybridized carbons (Fsp3) is 0.350. The highest BCUT2D eigenvalue weighted by atomic mass is 16.1. The highest BCUT2D eigenvalue weighted by molar-refractivity contribution is 6.04. The highest BCUT2D eigenvalue weighted by Crippen LogP contribution is 2.17. The number of likely N-dealkylation sites (N-methyl/N-ethyl adjacent to an activating group) is 1. The van der Waals surface area contributed by atoms with Crippen molar-refractivity contribution in [2.75, 3.05) is 36.9 Å². The summed E-state index contributed by atoms with van der Waals surface area (Å²) in [5.41, 5.74) is 3.07. The minimum absolute atomic E-state index is 0.169. The van der Waals surface area contributed by atoms with Gasteiger partial charge in [-0.15, -0.1) is 0 Å². The Kier molecular flexibility index (Phi) is 4.53. The number of imidazole rings is 1. The zero-order valence-corrected chi connectivity index (χ0v) is 15.9. The van der Waals surface area contributed by atoms with Gasteiger partial charge in [0.1, 0.15) is 11.5 Å². The van der Waals surface area contributed by atoms with E-state index in [-0.39, 0.29) is 5.91 Å². The van der Waals surface area contributed by atoms with E-state index < -0.39 is 0 Å². The molecule has 3 aromatic rings. The standard InChI is InChI=1S/C20H24N6O/c1-14-11-26-13-17(5-7-19(26)22-14)23-20(27)16-4-6-18(21-10-16)25-9-8-24(3)15(2)12-25/h4-7,10-11,13,15H,8-9,12H2,1-3H3,(H,23,27). The molecule has 0 aliphatic carbocycles. The third-order valence-corrected chi connectivity index (χ3v) is 5.12. The van der Waals surface area contributed by atoms with Crippen LogP contribution in [0.1, 0.15) is 23.0 Å². The van der Waals surface area contributed by atoms with E-state index in [1.54, 1.807) is 6.20 Å². The van der Waals surface area contributed by atoms with Gasteiger partial charge in [0.25, 0.3) is 5.91 Å². The number of anilines is 2. The van der Waals surface area contributed by atoms with Gasteiger partial charge in [0.2, 0.25) is 0 Å². The first kappa shape index (κ1) is 17.5. The number of pyridine rings is 2. The van der Waals surface area contributed by atoms with Gasteiger partial charge in [0.05, 0.1) is 16.9 Å². The molecule has 0 spiro atoms. The number of rotatable bonds is 3. The Labute approximate surface area is 158 Å². The molecular weight excluding hydrogens is 340 g/mol. The number of aryl methyl sites for hydroxylation is 1. The van der Waals surface area contributed by atoms with Crippen LogP contribution in [0.3, 0.4) is 0 Å². The first-order chi connectivity index (χ1) is 13.0. The highest BCUT2D eigenvalue weighted by Gasteiger charge is 2.21. The molecule has 1 amide bonds. The molecule has 1 fully saturated rings. The molecule has 0 saturated carbocycles. The van der Waals surface area contributed by atoms with Gasteiger partial charge in [-0.25, -0.2) is 9.97 Å². The molecule has 1 aliphatic rings. The molecule has 1 atom stereocenters. The van der Waals surface area contributed by atoms with Crippen LogP contribution in [0.4, 0.5) is 11.5 Å². The number of aromatic nitrogens is 3. The molecule has 140 valence electrons. The number of hydrogen-bond acceptors (Lipinski definition) is 5. The molecular formula is C20H24N6O. The largest absolute Gasteiger partial charge is 0.354 e. The van der Waals surface area contributed by atoms with Gasteiger partial charge >= 0.3 is 0 Å². The summed E-state index contributed by atoms with van der Waals surface area (Å²) in [6.45, 7) is 7.07. The van der Waals surface area contributed by atoms with Crippen LogP contribution in [-0.2, 0) is 0 Å². The SMILES string of the molecule is Cc1cn2cc(NC(=O)c3ccc(N4CCN(C)C(C)C4)nc3)ccc2n1. The lowest BCUT2D eigenvalue weighted by atomic mass is 10.2. The lowest BCUT2D eigenvalue weighted by Gasteiger charge is -2.38. The van der Waals surface area contributed by atoms with Crippen molar-refractivity contribution >= 4 is 23.1 Å². The second kappa shape index (κ2) is 7.00. The maximum absolute atomic E-state index is 12.5. The lowest BCUT2D eigenvalue weighted by molar-refractivity contribution is 0.102. The summed E-state index contributed by atoms with van der Waals surface area (Å²) < 4.78 is 1.90. The summed E-state index contributed by atoms with van der Waals surface area (Å²) in [5.74, 6) is 0.749. The van der Waals surface area contributed by atoms with E-state index in [2.05, 4.69) is 39.1 Å². The van der Waals surface area contributed by atoms with Crippen molar-refractivity contribution in [3.8, 4) is 0 Å². The van der Waals surface area contributed by atoms with E-state index in [1.807, 2.05) is 48.0 Å². The second-order valence-electron chi connectivity index (χ2n) is 7.20. The van der Waals surface area contributed by atoms with E-state index in [4.69, 9.17) is 0 Å². The zero-order valence-electron chi connectivity index (χ0n) is 15.9. The normalized spacial score (nSPS) is 18.0. The Hall–Kier alpha value is -2.93. The first-order valence-corrected chi connectivity index (χ1v) is 9.17. The number of piperazine rings is 1. The van der Waals surface area contributed by atoms with Gasteiger partial charge in [-0.3, -0.25) is 4.79 Å². The molecule has 0 aromatic carbocycles. The maximum Gasteiger partial charge on any atom is 0.257 e. The summed E-state index contributed by atoms with van der Waals surface area (Å²) in [6.07, 6.45) is 5.44. The number of amides is 1. The van der Waals surface area contributed by atoms with Gasteiger partial charge in [-0.05, 0) is 45.2 Å². The number of fused-ring (bicyclic) bond motifs is 1. The van der Waals surface area contributed by atoms with Crippen LogP contribution < -0.4 is 10.2 Å². The number of carbonyl (C=O) groups excluding carboxylic acids is 1. The molecule has 4 heterocycles. The Morgan fingerprint density at radius 1 is 1.19 bits per heavy atom. The predicted octanol–water partition coefficient (Wildman–Crippen LogP) is 2.43. The molecule has 7 heteroatoms. The molecule has 1 saturated heterocycles. The Bertz CT molecular complexity index is 964. The van der Waals surface area contributed by atoms with Gasteiger partial charge in [0.15, 0.2) is 0 Å². The minimum Gasteiger partial charge on any atom is -0.354 e. The van der Waals surface area contributed by atoms with Crippen LogP contribution in [0, 0.1) is 6.92 Å². The van der Waals surface area contributed by atoms with Crippen molar-refractivity contribution in [2.24, 2.45) is 0 Å². The summed E-state index contributed by atoms with van der Waals surface area (Å²) in [6, 6.07) is 7.99. The minimum atomic E-state index is -0.169.